The van der Waals surface area contributed by atoms with Gasteiger partial charge in [-0.05, 0) is 25.0 Å². The quantitative estimate of drug-likeness (QED) is 0.862. The van der Waals surface area contributed by atoms with Gasteiger partial charge in [0.1, 0.15) is 11.5 Å². The number of hydrogen-bond donors (Lipinski definition) is 0. The number of carbonyl (C=O) groups excluding carboxylic acids is 1. The number of nitrogens with zero attached hydrogens (tertiary/aromatic N) is 3. The van der Waals surface area contributed by atoms with Crippen LogP contribution in [0.2, 0.25) is 0 Å². The van der Waals surface area contributed by atoms with Crippen LogP contribution < -0.4 is 4.90 Å². The van der Waals surface area contributed by atoms with Gasteiger partial charge >= 0.3 is 0 Å². The zero-order valence-corrected chi connectivity index (χ0v) is 12.4. The number of amides is 1. The van der Waals surface area contributed by atoms with E-state index in [-0.39, 0.29) is 5.91 Å². The van der Waals surface area contributed by atoms with Crippen molar-refractivity contribution < 1.29 is 9.32 Å². The van der Waals surface area contributed by atoms with Gasteiger partial charge < -0.3 is 14.3 Å². The molecule has 3 rings (SSSR count). The summed E-state index contributed by atoms with van der Waals surface area (Å²) < 4.78 is 5.03. The molecule has 0 fully saturated rings. The van der Waals surface area contributed by atoms with E-state index in [1.54, 1.807) is 11.9 Å². The van der Waals surface area contributed by atoms with Crippen molar-refractivity contribution >= 4 is 11.6 Å². The SMILES string of the molecule is Cc1cc(CN(C)C(=O)CN2CCc3ccccc32)no1. The van der Waals surface area contributed by atoms with Crippen LogP contribution in [0.5, 0.6) is 0 Å². The van der Waals surface area contributed by atoms with Crippen LogP contribution in [-0.2, 0) is 17.8 Å². The van der Waals surface area contributed by atoms with E-state index in [1.807, 2.05) is 25.1 Å². The van der Waals surface area contributed by atoms with Gasteiger partial charge in [0.25, 0.3) is 0 Å². The maximum Gasteiger partial charge on any atom is 0.242 e. The van der Waals surface area contributed by atoms with Gasteiger partial charge in [-0.1, -0.05) is 23.4 Å². The van der Waals surface area contributed by atoms with Crippen LogP contribution in [0.3, 0.4) is 0 Å². The second kappa shape index (κ2) is 5.60. The molecule has 2 aromatic rings. The number of rotatable bonds is 4. The Morgan fingerprint density at radius 2 is 2.24 bits per heavy atom. The molecular weight excluding hydrogens is 266 g/mol. The highest BCUT2D eigenvalue weighted by atomic mass is 16.5. The smallest absolute Gasteiger partial charge is 0.242 e. The molecule has 0 saturated carbocycles. The fourth-order valence-electron chi connectivity index (χ4n) is 2.68. The lowest BCUT2D eigenvalue weighted by molar-refractivity contribution is -0.129. The van der Waals surface area contributed by atoms with Crippen LogP contribution in [0.1, 0.15) is 17.0 Å². The number of para-hydroxylation sites is 1. The number of hydrogen-bond acceptors (Lipinski definition) is 4. The van der Waals surface area contributed by atoms with Gasteiger partial charge in [-0.3, -0.25) is 4.79 Å². The number of benzene rings is 1. The Hall–Kier alpha value is -2.30. The minimum atomic E-state index is 0.0901. The molecule has 110 valence electrons. The van der Waals surface area contributed by atoms with Crippen molar-refractivity contribution in [3.63, 3.8) is 0 Å². The summed E-state index contributed by atoms with van der Waals surface area (Å²) in [5.74, 6) is 0.853. The van der Waals surface area contributed by atoms with E-state index in [9.17, 15) is 4.79 Å². The third kappa shape index (κ3) is 2.91. The molecule has 1 aliphatic heterocycles. The van der Waals surface area contributed by atoms with E-state index < -0.39 is 0 Å². The predicted molar refractivity (Wildman–Crippen MR) is 80.1 cm³/mol. The zero-order chi connectivity index (χ0) is 14.8. The van der Waals surface area contributed by atoms with E-state index in [0.717, 1.165) is 24.4 Å². The fourth-order valence-corrected chi connectivity index (χ4v) is 2.68. The Kier molecular flexibility index (Phi) is 3.64. The normalized spacial score (nSPS) is 13.3. The topological polar surface area (TPSA) is 49.6 Å². The summed E-state index contributed by atoms with van der Waals surface area (Å²) in [5, 5.41) is 3.92. The summed E-state index contributed by atoms with van der Waals surface area (Å²) in [7, 11) is 1.80. The Morgan fingerprint density at radius 1 is 1.43 bits per heavy atom. The van der Waals surface area contributed by atoms with Crippen LogP contribution in [0.25, 0.3) is 0 Å². The zero-order valence-electron chi connectivity index (χ0n) is 12.4. The highest BCUT2D eigenvalue weighted by Crippen LogP contribution is 2.27. The van der Waals surface area contributed by atoms with Gasteiger partial charge in [0, 0.05) is 25.3 Å². The lowest BCUT2D eigenvalue weighted by atomic mass is 10.2. The molecule has 0 aliphatic carbocycles. The van der Waals surface area contributed by atoms with Crippen molar-refractivity contribution in [1.82, 2.24) is 10.1 Å². The first kappa shape index (κ1) is 13.7. The van der Waals surface area contributed by atoms with Crippen LogP contribution in [0, 0.1) is 6.92 Å². The molecule has 0 bridgehead atoms. The largest absolute Gasteiger partial charge is 0.362 e. The fraction of sp³-hybridized carbons (Fsp3) is 0.375. The van der Waals surface area contributed by atoms with Crippen molar-refractivity contribution in [2.45, 2.75) is 19.9 Å². The summed E-state index contributed by atoms with van der Waals surface area (Å²) >= 11 is 0. The highest BCUT2D eigenvalue weighted by Gasteiger charge is 2.22. The second-order valence-corrected chi connectivity index (χ2v) is 5.48. The molecule has 2 heterocycles. The molecule has 0 unspecified atom stereocenters. The first-order valence-corrected chi connectivity index (χ1v) is 7.12. The van der Waals surface area contributed by atoms with Crippen molar-refractivity contribution in [3.8, 4) is 0 Å². The van der Waals surface area contributed by atoms with Gasteiger partial charge in [-0.2, -0.15) is 0 Å². The van der Waals surface area contributed by atoms with Gasteiger partial charge in [-0.15, -0.1) is 0 Å². The number of anilines is 1. The highest BCUT2D eigenvalue weighted by molar-refractivity contribution is 5.82. The van der Waals surface area contributed by atoms with Crippen LogP contribution in [-0.4, -0.2) is 36.1 Å². The van der Waals surface area contributed by atoms with Gasteiger partial charge in [0.05, 0.1) is 13.1 Å². The molecular formula is C16H19N3O2. The van der Waals surface area contributed by atoms with Gasteiger partial charge in [0.15, 0.2) is 0 Å². The first-order valence-electron chi connectivity index (χ1n) is 7.12. The maximum atomic E-state index is 12.3. The summed E-state index contributed by atoms with van der Waals surface area (Å²) in [6, 6.07) is 10.1. The summed E-state index contributed by atoms with van der Waals surface area (Å²) in [6.07, 6.45) is 1.01. The number of aromatic nitrogens is 1. The van der Waals surface area contributed by atoms with Crippen molar-refractivity contribution in [2.75, 3.05) is 25.0 Å². The number of carbonyl (C=O) groups is 1. The van der Waals surface area contributed by atoms with Crippen LogP contribution >= 0.6 is 0 Å². The van der Waals surface area contributed by atoms with E-state index in [0.29, 0.717) is 13.1 Å². The Bertz CT molecular complexity index is 650. The van der Waals surface area contributed by atoms with Crippen molar-refractivity contribution in [3.05, 3.63) is 47.3 Å². The van der Waals surface area contributed by atoms with Crippen LogP contribution in [0.15, 0.2) is 34.9 Å². The second-order valence-electron chi connectivity index (χ2n) is 5.48. The Morgan fingerprint density at radius 3 is 3.00 bits per heavy atom. The molecule has 5 nitrogen and oxygen atoms in total. The minimum Gasteiger partial charge on any atom is -0.362 e. The lowest BCUT2D eigenvalue weighted by Crippen LogP contribution is -2.37. The Balaban J connectivity index is 1.62. The summed E-state index contributed by atoms with van der Waals surface area (Å²) in [4.78, 5) is 16.2. The van der Waals surface area contributed by atoms with Crippen molar-refractivity contribution in [2.24, 2.45) is 0 Å². The van der Waals surface area contributed by atoms with E-state index in [4.69, 9.17) is 4.52 Å². The van der Waals surface area contributed by atoms with Crippen LogP contribution in [0.4, 0.5) is 5.69 Å². The third-order valence-electron chi connectivity index (χ3n) is 3.81. The molecule has 1 aromatic carbocycles. The van der Waals surface area contributed by atoms with E-state index in [2.05, 4.69) is 22.2 Å². The number of likely N-dealkylation sites (N-methyl/N-ethyl adjacent to an activating group) is 1. The van der Waals surface area contributed by atoms with Gasteiger partial charge in [-0.25, -0.2) is 0 Å². The molecule has 0 atom stereocenters. The molecule has 1 aliphatic rings. The molecule has 21 heavy (non-hydrogen) atoms. The minimum absolute atomic E-state index is 0.0901. The lowest BCUT2D eigenvalue weighted by Gasteiger charge is -2.22. The standard InChI is InChI=1S/C16H19N3O2/c1-12-9-14(17-21-12)10-18(2)16(20)11-19-8-7-13-5-3-4-6-15(13)19/h3-6,9H,7-8,10-11H2,1-2H3. The molecule has 0 radical (unpaired) electrons. The monoisotopic (exact) mass is 285 g/mol. The Labute approximate surface area is 124 Å². The summed E-state index contributed by atoms with van der Waals surface area (Å²) in [6.45, 7) is 3.64. The number of fused-ring (bicyclic) bond motifs is 1. The number of aryl methyl sites for hydroxylation is 1. The molecule has 1 amide bonds. The summed E-state index contributed by atoms with van der Waals surface area (Å²) in [5.41, 5.74) is 3.28. The predicted octanol–water partition coefficient (Wildman–Crippen LogP) is 2.00. The average Bonchev–Trinajstić information content (AvgIpc) is 3.06. The van der Waals surface area contributed by atoms with Gasteiger partial charge in [0.2, 0.25) is 5.91 Å². The van der Waals surface area contributed by atoms with E-state index >= 15 is 0 Å². The molecule has 5 heteroatoms. The third-order valence-corrected chi connectivity index (χ3v) is 3.81. The average molecular weight is 285 g/mol. The molecule has 0 N–H and O–H groups in total. The molecule has 0 saturated heterocycles. The van der Waals surface area contributed by atoms with Crippen molar-refractivity contribution in [1.29, 1.82) is 0 Å². The maximum absolute atomic E-state index is 12.3. The molecule has 1 aromatic heterocycles. The molecule has 0 spiro atoms. The van der Waals surface area contributed by atoms with E-state index in [1.165, 1.54) is 11.3 Å². The first-order chi connectivity index (χ1) is 10.1.